The molecule has 7 N–H and O–H groups in total. The van der Waals surface area contributed by atoms with Crippen LogP contribution in [0.4, 0.5) is 11.8 Å². The number of allylic oxidation sites excluding steroid dienone is 5. The standard InChI is InChI=1S/C34H34N4O6.C11H17N5O2S.Co.H2O/c1-7-19-15(3)23-12-25-17(5)21(9-10-29(39)40)32(37-25)22(11-30(41)42)33-31(34(43)44)18(6)26(38-33)14-28-20(8-2)16(4)24(36-28)13-27(19)35-23;1-7(9(19)2-3-17)16(6-18)5-8-4-14-11(13)15-10(8)12;;/h7,12-14H,1,8-11H2,2-6H3,(H5,35,36,37,38,39,40,41,42,43,44);4,6,17,19H,2-3,5H2,1H3,(H4,12,13,14,15);;1H2/q;;+3;/p-3/b;9-7+;;. The number of amides is 1. The molecule has 2 aliphatic heterocycles. The van der Waals surface area contributed by atoms with Gasteiger partial charge in [0.25, 0.3) is 0 Å². The Kier molecular flexibility index (Phi) is 18.1. The van der Waals surface area contributed by atoms with Crippen LogP contribution in [0.5, 0.6) is 0 Å². The third-order valence-electron chi connectivity index (χ3n) is 10.9. The monoisotopic (exact) mass is 951 g/mol. The van der Waals surface area contributed by atoms with Gasteiger partial charge >= 0.3 is 19.6 Å². The smallest absolute Gasteiger partial charge is 0.657 e. The van der Waals surface area contributed by atoms with Crippen LogP contribution < -0.4 is 36.8 Å². The van der Waals surface area contributed by atoms with Crippen LogP contribution in [0.25, 0.3) is 50.4 Å². The average Bonchev–Trinajstić information content (AvgIpc) is 3.91. The van der Waals surface area contributed by atoms with E-state index in [0.29, 0.717) is 74.7 Å². The molecule has 0 saturated carbocycles. The van der Waals surface area contributed by atoms with Crippen LogP contribution in [0.2, 0.25) is 0 Å². The average molecular weight is 952 g/mol. The molecule has 4 aromatic heterocycles. The zero-order chi connectivity index (χ0) is 46.4. The molecule has 20 heteroatoms. The normalized spacial score (nSPS) is 12.3. The number of aliphatic carboxylic acids is 2. The van der Waals surface area contributed by atoms with Crippen molar-refractivity contribution >= 4 is 99.1 Å². The van der Waals surface area contributed by atoms with Gasteiger partial charge < -0.3 is 66.6 Å². The van der Waals surface area contributed by atoms with Crippen molar-refractivity contribution < 1.29 is 64.7 Å². The molecule has 0 unspecified atom stereocenters. The number of anilines is 2. The van der Waals surface area contributed by atoms with Gasteiger partial charge in [-0.1, -0.05) is 48.9 Å². The molecule has 8 bridgehead atoms. The van der Waals surface area contributed by atoms with Crippen molar-refractivity contribution in [1.29, 1.82) is 0 Å². The minimum Gasteiger partial charge on any atom is -0.657 e. The van der Waals surface area contributed by atoms with Gasteiger partial charge in [0.1, 0.15) is 5.82 Å². The first-order valence-corrected chi connectivity index (χ1v) is 20.2. The Labute approximate surface area is 393 Å². The second kappa shape index (κ2) is 22.4. The number of aliphatic hydroxyl groups excluding tert-OH is 1. The van der Waals surface area contributed by atoms with E-state index in [2.05, 4.69) is 34.2 Å². The fraction of sp³-hybridized carbons (Fsp3) is 0.289. The number of rotatable bonds is 14. The molecule has 0 aromatic carbocycles. The van der Waals surface area contributed by atoms with Gasteiger partial charge in [0, 0.05) is 53.7 Å². The van der Waals surface area contributed by atoms with Gasteiger partial charge in [0.15, 0.2) is 0 Å². The maximum absolute atomic E-state index is 12.5. The fourth-order valence-electron chi connectivity index (χ4n) is 7.39. The van der Waals surface area contributed by atoms with Crippen molar-refractivity contribution in [3.05, 3.63) is 97.7 Å². The number of aromatic carboxylic acids is 1. The summed E-state index contributed by atoms with van der Waals surface area (Å²) in [5.41, 5.74) is 20.1. The Balaban J connectivity index is 0.000000832. The Morgan fingerprint density at radius 1 is 0.908 bits per heavy atom. The second-order valence-electron chi connectivity index (χ2n) is 14.8. The maximum atomic E-state index is 12.5. The largest absolute Gasteiger partial charge is 3.00 e. The second-order valence-corrected chi connectivity index (χ2v) is 15.3. The minimum atomic E-state index is -1.54. The molecule has 2 aliphatic rings. The Hall–Kier alpha value is -6.58. The third-order valence-corrected chi connectivity index (χ3v) is 11.5. The molecular formula is C45H50CoN9O9S. The quantitative estimate of drug-likeness (QED) is 0.103. The number of nitrogens with zero attached hydrogens (tertiary/aromatic N) is 7. The zero-order valence-electron chi connectivity index (χ0n) is 38.5. The van der Waals surface area contributed by atoms with E-state index in [0.717, 1.165) is 22.3 Å². The number of thiol groups is 1. The van der Waals surface area contributed by atoms with Crippen LogP contribution in [0.3, 0.4) is 0 Å². The zero-order valence-corrected chi connectivity index (χ0v) is 38.4. The first-order valence-electron chi connectivity index (χ1n) is 19.7. The number of carbonyl (C=O) groups is 4. The molecule has 0 fully saturated rings. The van der Waals surface area contributed by atoms with Gasteiger partial charge in [0.05, 0.1) is 35.3 Å². The van der Waals surface area contributed by atoms with Crippen molar-refractivity contribution in [2.75, 3.05) is 18.1 Å². The summed E-state index contributed by atoms with van der Waals surface area (Å²) in [6.07, 6.45) is 3.76. The topological polar surface area (TPSA) is 324 Å². The number of nitrogen functional groups attached to an aromatic ring is 2. The Morgan fingerprint density at radius 3 is 2.09 bits per heavy atom. The van der Waals surface area contributed by atoms with Crippen molar-refractivity contribution in [2.24, 2.45) is 0 Å². The predicted octanol–water partition coefficient (Wildman–Crippen LogP) is 1.83. The van der Waals surface area contributed by atoms with E-state index in [4.69, 9.17) is 31.5 Å². The van der Waals surface area contributed by atoms with Crippen LogP contribution in [0.15, 0.2) is 41.6 Å². The van der Waals surface area contributed by atoms with Crippen molar-refractivity contribution in [2.45, 2.75) is 80.2 Å². The summed E-state index contributed by atoms with van der Waals surface area (Å²) in [5.74, 6) is -4.01. The summed E-state index contributed by atoms with van der Waals surface area (Å²) in [6.45, 7) is 15.1. The molecule has 4 aromatic rings. The first kappa shape index (κ1) is 52.8. The summed E-state index contributed by atoms with van der Waals surface area (Å²) in [6, 6.07) is 5.30. The van der Waals surface area contributed by atoms with Crippen LogP contribution in [0, 0.1) is 13.8 Å². The van der Waals surface area contributed by atoms with E-state index in [1.54, 1.807) is 39.0 Å². The number of carboxylic acids is 3. The number of aromatic nitrogens is 6. The van der Waals surface area contributed by atoms with Gasteiger partial charge in [-0.25, -0.2) is 15.0 Å². The van der Waals surface area contributed by atoms with Crippen LogP contribution in [-0.2, 0) is 44.1 Å². The predicted molar refractivity (Wildman–Crippen MR) is 243 cm³/mol. The van der Waals surface area contributed by atoms with Gasteiger partial charge in [-0.15, -0.1) is 34.7 Å². The van der Waals surface area contributed by atoms with Gasteiger partial charge in [-0.3, -0.25) is 4.79 Å². The van der Waals surface area contributed by atoms with E-state index >= 15 is 0 Å². The molecule has 6 heterocycles. The summed E-state index contributed by atoms with van der Waals surface area (Å²) in [5, 5.41) is 44.9. The fourth-order valence-corrected chi connectivity index (χ4v) is 7.62. The molecular weight excluding hydrogens is 902 g/mol. The van der Waals surface area contributed by atoms with E-state index in [1.807, 2.05) is 26.8 Å². The van der Waals surface area contributed by atoms with Crippen LogP contribution in [-0.4, -0.2) is 66.3 Å². The molecule has 0 saturated heterocycles. The van der Waals surface area contributed by atoms with Gasteiger partial charge in [-0.2, -0.15) is 4.98 Å². The van der Waals surface area contributed by atoms with E-state index < -0.39 is 24.3 Å². The minimum absolute atomic E-state index is 0. The number of carbonyl (C=O) groups excluding carboxylic acids is 4. The van der Waals surface area contributed by atoms with Crippen LogP contribution in [0.1, 0.15) is 117 Å². The SMILES string of the molecule is C/C(=C(\S)CCO)N(C=O)Cc1cnc(N)nc1N.C=Cc1c(C)c2cc3nc(c(CC(=O)[O-])c4[n-]c(cc5nc(cc1[n-]2)C(C)=C5CC)c(C)c4C(=O)[O-])C(CCC(=O)[O-])=C3C.O.[Co+3].[H+].[H+]. The number of hydrogen-bond acceptors (Lipinski definition) is 15. The molecule has 18 nitrogen and oxygen atoms in total. The van der Waals surface area contributed by atoms with E-state index in [1.165, 1.54) is 11.1 Å². The van der Waals surface area contributed by atoms with Crippen molar-refractivity contribution in [3.63, 3.8) is 0 Å². The number of hydrogen-bond donors (Lipinski definition) is 4. The Morgan fingerprint density at radius 2 is 1.52 bits per heavy atom. The molecule has 65 heavy (non-hydrogen) atoms. The molecule has 0 atom stereocenters. The van der Waals surface area contributed by atoms with Crippen LogP contribution >= 0.6 is 12.6 Å². The molecule has 344 valence electrons. The molecule has 0 radical (unpaired) electrons. The van der Waals surface area contributed by atoms with E-state index in [-0.39, 0.29) is 96.3 Å². The third kappa shape index (κ3) is 11.4. The summed E-state index contributed by atoms with van der Waals surface area (Å²) in [7, 11) is 0. The van der Waals surface area contributed by atoms with Crippen molar-refractivity contribution in [3.8, 4) is 0 Å². The Bertz CT molecular complexity index is 2840. The molecule has 6 rings (SSSR count). The number of aryl methyl sites for hydroxylation is 2. The molecule has 0 spiro atoms. The number of fused-ring (bicyclic) bond motifs is 8. The van der Waals surface area contributed by atoms with E-state index in [9.17, 15) is 34.5 Å². The van der Waals surface area contributed by atoms with Crippen molar-refractivity contribution in [1.82, 2.24) is 34.8 Å². The summed E-state index contributed by atoms with van der Waals surface area (Å²) < 4.78 is 0. The maximum Gasteiger partial charge on any atom is 3.00 e. The summed E-state index contributed by atoms with van der Waals surface area (Å²) in [4.78, 5) is 76.0. The number of nitrogens with two attached hydrogens (primary N) is 2. The number of carboxylic acid groups (broad SMARTS) is 3. The first-order chi connectivity index (χ1) is 29.8. The molecule has 0 aliphatic carbocycles. The number of aliphatic hydroxyl groups is 1. The molecule has 1 amide bonds. The summed E-state index contributed by atoms with van der Waals surface area (Å²) >= 11 is 4.24. The van der Waals surface area contributed by atoms with Gasteiger partial charge in [0.2, 0.25) is 12.4 Å². The van der Waals surface area contributed by atoms with Gasteiger partial charge in [-0.05, 0) is 92.9 Å².